The lowest BCUT2D eigenvalue weighted by molar-refractivity contribution is -0.153. The number of aliphatic carboxylic acids is 1. The third-order valence-electron chi connectivity index (χ3n) is 4.84. The molecule has 0 aromatic heterocycles. The first-order chi connectivity index (χ1) is 7.62. The molecule has 2 nitrogen and oxygen atoms in total. The lowest BCUT2D eigenvalue weighted by Crippen LogP contribution is -2.36. The van der Waals surface area contributed by atoms with Crippen molar-refractivity contribution in [1.82, 2.24) is 0 Å². The number of hydrogen-bond donors (Lipinski definition) is 1. The fourth-order valence-corrected chi connectivity index (χ4v) is 3.59. The van der Waals surface area contributed by atoms with Gasteiger partial charge in [0, 0.05) is 0 Å². The first kappa shape index (κ1) is 11.9. The Morgan fingerprint density at radius 2 is 1.75 bits per heavy atom. The Labute approximate surface area is 98.4 Å². The number of hydrogen-bond acceptors (Lipinski definition) is 1. The molecule has 0 aromatic carbocycles. The minimum absolute atomic E-state index is 0.360. The highest BCUT2D eigenvalue weighted by Gasteiger charge is 2.42. The molecule has 2 heteroatoms. The molecule has 0 saturated heterocycles. The van der Waals surface area contributed by atoms with Gasteiger partial charge >= 0.3 is 5.97 Å². The largest absolute Gasteiger partial charge is 0.481 e. The Morgan fingerprint density at radius 3 is 2.25 bits per heavy atom. The summed E-state index contributed by atoms with van der Waals surface area (Å²) in [7, 11) is 0. The Morgan fingerprint density at radius 1 is 1.19 bits per heavy atom. The predicted octanol–water partition coefficient (Wildman–Crippen LogP) is 3.85. The standard InChI is InChI=1S/C14H24O2/c1-11-6-8-14(9-7-11,13(15)16)10-12-4-2-3-5-12/h11-12H,2-10H2,1H3,(H,15,16). The third kappa shape index (κ3) is 2.41. The second kappa shape index (κ2) is 4.77. The zero-order valence-electron chi connectivity index (χ0n) is 10.4. The monoisotopic (exact) mass is 224 g/mol. The Balaban J connectivity index is 2.00. The molecule has 2 saturated carbocycles. The van der Waals surface area contributed by atoms with E-state index in [9.17, 15) is 9.90 Å². The summed E-state index contributed by atoms with van der Waals surface area (Å²) in [6, 6.07) is 0. The summed E-state index contributed by atoms with van der Waals surface area (Å²) >= 11 is 0. The SMILES string of the molecule is CC1CCC(CC2CCCC2)(C(=O)O)CC1. The molecule has 0 aromatic rings. The van der Waals surface area contributed by atoms with E-state index in [-0.39, 0.29) is 5.41 Å². The van der Waals surface area contributed by atoms with Gasteiger partial charge in [-0.15, -0.1) is 0 Å². The van der Waals surface area contributed by atoms with Crippen LogP contribution in [0.3, 0.4) is 0 Å². The van der Waals surface area contributed by atoms with Gasteiger partial charge in [-0.2, -0.15) is 0 Å². The fraction of sp³-hybridized carbons (Fsp3) is 0.929. The molecule has 0 unspecified atom stereocenters. The van der Waals surface area contributed by atoms with E-state index in [0.717, 1.165) is 38.0 Å². The maximum atomic E-state index is 11.6. The number of carboxylic acid groups (broad SMARTS) is 1. The van der Waals surface area contributed by atoms with Crippen LogP contribution in [-0.2, 0) is 4.79 Å². The first-order valence-corrected chi connectivity index (χ1v) is 6.86. The summed E-state index contributed by atoms with van der Waals surface area (Å²) < 4.78 is 0. The third-order valence-corrected chi connectivity index (χ3v) is 4.84. The molecule has 92 valence electrons. The van der Waals surface area contributed by atoms with Gasteiger partial charge in [-0.25, -0.2) is 0 Å². The van der Waals surface area contributed by atoms with Gasteiger partial charge in [-0.1, -0.05) is 32.6 Å². The lowest BCUT2D eigenvalue weighted by atomic mass is 9.66. The van der Waals surface area contributed by atoms with Crippen LogP contribution in [0, 0.1) is 17.3 Å². The molecular weight excluding hydrogens is 200 g/mol. The van der Waals surface area contributed by atoms with E-state index in [0.29, 0.717) is 5.92 Å². The molecule has 2 aliphatic carbocycles. The highest BCUT2D eigenvalue weighted by Crippen LogP contribution is 2.46. The van der Waals surface area contributed by atoms with Gasteiger partial charge in [-0.3, -0.25) is 4.79 Å². The number of carboxylic acids is 1. The summed E-state index contributed by atoms with van der Waals surface area (Å²) in [6.45, 7) is 2.25. The Kier molecular flexibility index (Phi) is 3.56. The topological polar surface area (TPSA) is 37.3 Å². The van der Waals surface area contributed by atoms with E-state index >= 15 is 0 Å². The van der Waals surface area contributed by atoms with Crippen LogP contribution < -0.4 is 0 Å². The average molecular weight is 224 g/mol. The summed E-state index contributed by atoms with van der Waals surface area (Å²) in [5, 5.41) is 9.54. The fourth-order valence-electron chi connectivity index (χ4n) is 3.59. The van der Waals surface area contributed by atoms with Crippen LogP contribution in [0.5, 0.6) is 0 Å². The van der Waals surface area contributed by atoms with E-state index in [1.165, 1.54) is 25.7 Å². The molecule has 0 atom stereocenters. The van der Waals surface area contributed by atoms with Crippen molar-refractivity contribution in [2.45, 2.75) is 64.7 Å². The van der Waals surface area contributed by atoms with Crippen molar-refractivity contribution in [2.24, 2.45) is 17.3 Å². The molecular formula is C14H24O2. The van der Waals surface area contributed by atoms with Crippen LogP contribution in [0.2, 0.25) is 0 Å². The Bertz CT molecular complexity index is 245. The van der Waals surface area contributed by atoms with Crippen molar-refractivity contribution in [1.29, 1.82) is 0 Å². The van der Waals surface area contributed by atoms with Gasteiger partial charge in [0.1, 0.15) is 0 Å². The van der Waals surface area contributed by atoms with E-state index in [2.05, 4.69) is 6.92 Å². The van der Waals surface area contributed by atoms with Crippen LogP contribution in [0.25, 0.3) is 0 Å². The average Bonchev–Trinajstić information content (AvgIpc) is 2.74. The molecule has 2 rings (SSSR count). The van der Waals surface area contributed by atoms with Crippen LogP contribution in [0.4, 0.5) is 0 Å². The molecule has 2 fully saturated rings. The predicted molar refractivity (Wildman–Crippen MR) is 64.3 cm³/mol. The van der Waals surface area contributed by atoms with Crippen molar-refractivity contribution in [3.05, 3.63) is 0 Å². The van der Waals surface area contributed by atoms with Gasteiger partial charge < -0.3 is 5.11 Å². The molecule has 2 aliphatic rings. The van der Waals surface area contributed by atoms with Crippen molar-refractivity contribution in [2.75, 3.05) is 0 Å². The van der Waals surface area contributed by atoms with Crippen molar-refractivity contribution >= 4 is 5.97 Å². The summed E-state index contributed by atoms with van der Waals surface area (Å²) in [6.07, 6.45) is 10.2. The minimum Gasteiger partial charge on any atom is -0.481 e. The minimum atomic E-state index is -0.522. The molecule has 0 amide bonds. The summed E-state index contributed by atoms with van der Waals surface area (Å²) in [5.41, 5.74) is -0.360. The molecule has 0 spiro atoms. The lowest BCUT2D eigenvalue weighted by Gasteiger charge is -2.37. The maximum Gasteiger partial charge on any atom is 0.309 e. The molecule has 0 radical (unpaired) electrons. The molecule has 0 heterocycles. The number of carbonyl (C=O) groups is 1. The van der Waals surface area contributed by atoms with Crippen LogP contribution in [-0.4, -0.2) is 11.1 Å². The normalized spacial score (nSPS) is 36.4. The molecule has 0 bridgehead atoms. The summed E-state index contributed by atoms with van der Waals surface area (Å²) in [5.74, 6) is 0.909. The van der Waals surface area contributed by atoms with E-state index in [1.807, 2.05) is 0 Å². The van der Waals surface area contributed by atoms with E-state index < -0.39 is 5.97 Å². The van der Waals surface area contributed by atoms with Crippen LogP contribution in [0.15, 0.2) is 0 Å². The van der Waals surface area contributed by atoms with Crippen molar-refractivity contribution in [3.63, 3.8) is 0 Å². The van der Waals surface area contributed by atoms with Gasteiger partial charge in [0.15, 0.2) is 0 Å². The zero-order valence-corrected chi connectivity index (χ0v) is 10.4. The maximum absolute atomic E-state index is 11.6. The van der Waals surface area contributed by atoms with Gasteiger partial charge in [0.25, 0.3) is 0 Å². The second-order valence-electron chi connectivity index (χ2n) is 6.12. The smallest absolute Gasteiger partial charge is 0.309 e. The van der Waals surface area contributed by atoms with Crippen LogP contribution in [0.1, 0.15) is 64.7 Å². The van der Waals surface area contributed by atoms with Crippen molar-refractivity contribution < 1.29 is 9.90 Å². The Hall–Kier alpha value is -0.530. The number of rotatable bonds is 3. The van der Waals surface area contributed by atoms with E-state index in [1.54, 1.807) is 0 Å². The van der Waals surface area contributed by atoms with E-state index in [4.69, 9.17) is 0 Å². The van der Waals surface area contributed by atoms with Gasteiger partial charge in [0.05, 0.1) is 5.41 Å². The highest BCUT2D eigenvalue weighted by atomic mass is 16.4. The molecule has 1 N–H and O–H groups in total. The van der Waals surface area contributed by atoms with Crippen LogP contribution >= 0.6 is 0 Å². The molecule has 16 heavy (non-hydrogen) atoms. The zero-order chi connectivity index (χ0) is 11.6. The van der Waals surface area contributed by atoms with Gasteiger partial charge in [0.2, 0.25) is 0 Å². The second-order valence-corrected chi connectivity index (χ2v) is 6.12. The van der Waals surface area contributed by atoms with Gasteiger partial charge in [-0.05, 0) is 43.9 Å². The first-order valence-electron chi connectivity index (χ1n) is 6.86. The quantitative estimate of drug-likeness (QED) is 0.790. The highest BCUT2D eigenvalue weighted by molar-refractivity contribution is 5.74. The molecule has 0 aliphatic heterocycles. The summed E-state index contributed by atoms with van der Waals surface area (Å²) in [4.78, 5) is 11.6. The van der Waals surface area contributed by atoms with Crippen molar-refractivity contribution in [3.8, 4) is 0 Å².